The lowest BCUT2D eigenvalue weighted by molar-refractivity contribution is 0.670. The maximum atomic E-state index is 6.46. The number of furan rings is 1. The minimum absolute atomic E-state index is 0.922. The van der Waals surface area contributed by atoms with Gasteiger partial charge in [0.25, 0.3) is 0 Å². The van der Waals surface area contributed by atoms with Gasteiger partial charge in [0.05, 0.1) is 0 Å². The molecular weight excluding hydrogens is 544 g/mol. The fraction of sp³-hybridized carbons (Fsp3) is 0. The Morgan fingerprint density at radius 2 is 0.800 bits per heavy atom. The van der Waals surface area contributed by atoms with Crippen LogP contribution in [0.25, 0.3) is 98.1 Å². The highest BCUT2D eigenvalue weighted by molar-refractivity contribution is 6.39. The van der Waals surface area contributed by atoms with Gasteiger partial charge in [0.2, 0.25) is 0 Å². The van der Waals surface area contributed by atoms with Gasteiger partial charge >= 0.3 is 0 Å². The van der Waals surface area contributed by atoms with E-state index in [0.717, 1.165) is 33.1 Å². The van der Waals surface area contributed by atoms with Crippen molar-refractivity contribution >= 4 is 75.8 Å². The molecule has 0 aliphatic heterocycles. The van der Waals surface area contributed by atoms with Crippen LogP contribution in [-0.4, -0.2) is 0 Å². The molecule has 0 saturated carbocycles. The van der Waals surface area contributed by atoms with Gasteiger partial charge in [-0.3, -0.25) is 0 Å². The molecule has 0 fully saturated rings. The molecule has 0 aliphatic rings. The van der Waals surface area contributed by atoms with E-state index >= 15 is 0 Å². The minimum atomic E-state index is 0.922. The van der Waals surface area contributed by atoms with E-state index in [1.54, 1.807) is 0 Å². The zero-order chi connectivity index (χ0) is 29.5. The Morgan fingerprint density at radius 3 is 1.49 bits per heavy atom. The van der Waals surface area contributed by atoms with Gasteiger partial charge in [-0.05, 0) is 88.8 Å². The van der Waals surface area contributed by atoms with Crippen LogP contribution < -0.4 is 0 Å². The third-order valence-electron chi connectivity index (χ3n) is 9.62. The summed E-state index contributed by atoms with van der Waals surface area (Å²) in [5.41, 5.74) is 6.61. The Labute approximate surface area is 259 Å². The predicted molar refractivity (Wildman–Crippen MR) is 192 cm³/mol. The lowest BCUT2D eigenvalue weighted by atomic mass is 9.85. The Balaban J connectivity index is 1.33. The van der Waals surface area contributed by atoms with Crippen LogP contribution in [0.5, 0.6) is 0 Å². The summed E-state index contributed by atoms with van der Waals surface area (Å²) < 4.78 is 6.46. The average Bonchev–Trinajstić information content (AvgIpc) is 3.50. The van der Waals surface area contributed by atoms with E-state index < -0.39 is 0 Å². The van der Waals surface area contributed by atoms with Crippen molar-refractivity contribution in [2.24, 2.45) is 0 Å². The first-order valence-corrected chi connectivity index (χ1v) is 15.5. The molecule has 208 valence electrons. The summed E-state index contributed by atoms with van der Waals surface area (Å²) in [6.45, 7) is 0. The van der Waals surface area contributed by atoms with Gasteiger partial charge in [-0.1, -0.05) is 140 Å². The summed E-state index contributed by atoms with van der Waals surface area (Å²) in [4.78, 5) is 0. The summed E-state index contributed by atoms with van der Waals surface area (Å²) >= 11 is 0. The van der Waals surface area contributed by atoms with Gasteiger partial charge < -0.3 is 4.42 Å². The SMILES string of the molecule is c1ccc(-c2ccc3c(c2)c2ccccc2c2c4ccc(-c5cccc6c5oc5ccccc56)cc4c4ccccc4c32)cc1. The van der Waals surface area contributed by atoms with E-state index in [1.807, 2.05) is 6.07 Å². The third kappa shape index (κ3) is 3.50. The van der Waals surface area contributed by atoms with E-state index in [1.165, 1.54) is 65.0 Å². The molecule has 1 aromatic heterocycles. The smallest absolute Gasteiger partial charge is 0.143 e. The Bertz CT molecular complexity index is 2800. The van der Waals surface area contributed by atoms with Crippen molar-refractivity contribution in [1.82, 2.24) is 0 Å². The standard InChI is InChI=1S/C44H26O/c1-2-11-27(12-3-1)28-21-23-36-39(25-28)31-13-4-6-16-34(31)43-37-24-22-29(26-40(37)32-14-5-7-17-35(32)42(36)43)30-18-10-19-38-33-15-8-9-20-41(33)45-44(30)38/h1-26H. The number of para-hydroxylation sites is 2. The maximum Gasteiger partial charge on any atom is 0.143 e. The summed E-state index contributed by atoms with van der Waals surface area (Å²) in [7, 11) is 0. The molecule has 0 atom stereocenters. The van der Waals surface area contributed by atoms with Gasteiger partial charge in [-0.25, -0.2) is 0 Å². The van der Waals surface area contributed by atoms with Gasteiger partial charge in [-0.15, -0.1) is 0 Å². The molecule has 0 bridgehead atoms. The van der Waals surface area contributed by atoms with Crippen LogP contribution in [0.2, 0.25) is 0 Å². The second-order valence-electron chi connectivity index (χ2n) is 12.0. The molecule has 10 rings (SSSR count). The fourth-order valence-corrected chi connectivity index (χ4v) is 7.62. The maximum absolute atomic E-state index is 6.46. The average molecular weight is 571 g/mol. The first kappa shape index (κ1) is 24.5. The molecule has 0 unspecified atom stereocenters. The molecule has 9 aromatic carbocycles. The van der Waals surface area contributed by atoms with E-state index in [-0.39, 0.29) is 0 Å². The van der Waals surface area contributed by atoms with Crippen LogP contribution in [0.4, 0.5) is 0 Å². The normalized spacial score (nSPS) is 12.0. The second-order valence-corrected chi connectivity index (χ2v) is 12.0. The van der Waals surface area contributed by atoms with Crippen LogP contribution in [0, 0.1) is 0 Å². The van der Waals surface area contributed by atoms with Crippen LogP contribution >= 0.6 is 0 Å². The molecule has 45 heavy (non-hydrogen) atoms. The van der Waals surface area contributed by atoms with E-state index in [9.17, 15) is 0 Å². The zero-order valence-electron chi connectivity index (χ0n) is 24.4. The number of hydrogen-bond acceptors (Lipinski definition) is 1. The number of benzene rings is 9. The van der Waals surface area contributed by atoms with Crippen molar-refractivity contribution in [2.45, 2.75) is 0 Å². The van der Waals surface area contributed by atoms with Crippen LogP contribution in [0.3, 0.4) is 0 Å². The van der Waals surface area contributed by atoms with Gasteiger partial charge in [0.15, 0.2) is 0 Å². The summed E-state index contributed by atoms with van der Waals surface area (Å²) in [5.74, 6) is 0. The molecule has 10 aromatic rings. The van der Waals surface area contributed by atoms with Crippen molar-refractivity contribution in [1.29, 1.82) is 0 Å². The molecule has 0 amide bonds. The van der Waals surface area contributed by atoms with Gasteiger partial charge in [0.1, 0.15) is 11.2 Å². The molecule has 0 saturated heterocycles. The quantitative estimate of drug-likeness (QED) is 0.188. The number of fused-ring (bicyclic) bond motifs is 14. The molecule has 0 N–H and O–H groups in total. The number of rotatable bonds is 2. The Hall–Kier alpha value is -5.92. The van der Waals surface area contributed by atoms with Crippen molar-refractivity contribution in [3.8, 4) is 22.3 Å². The first-order chi connectivity index (χ1) is 22.3. The highest BCUT2D eigenvalue weighted by Crippen LogP contribution is 2.46. The molecule has 1 nitrogen and oxygen atoms in total. The first-order valence-electron chi connectivity index (χ1n) is 15.5. The third-order valence-corrected chi connectivity index (χ3v) is 9.62. The topological polar surface area (TPSA) is 13.1 Å². The molecule has 0 spiro atoms. The number of hydrogen-bond donors (Lipinski definition) is 0. The lowest BCUT2D eigenvalue weighted by Gasteiger charge is -2.17. The summed E-state index contributed by atoms with van der Waals surface area (Å²) in [6.07, 6.45) is 0. The Kier molecular flexibility index (Phi) is 5.06. The summed E-state index contributed by atoms with van der Waals surface area (Å²) in [5, 5.41) is 15.2. The van der Waals surface area contributed by atoms with E-state index in [0.29, 0.717) is 0 Å². The van der Waals surface area contributed by atoms with Gasteiger partial charge in [0, 0.05) is 16.3 Å². The summed E-state index contributed by atoms with van der Waals surface area (Å²) in [6, 6.07) is 57.3. The Morgan fingerprint density at radius 1 is 0.289 bits per heavy atom. The second kappa shape index (κ2) is 9.29. The zero-order valence-corrected chi connectivity index (χ0v) is 24.4. The van der Waals surface area contributed by atoms with Crippen molar-refractivity contribution in [2.75, 3.05) is 0 Å². The molecule has 0 radical (unpaired) electrons. The largest absolute Gasteiger partial charge is 0.455 e. The molecule has 1 heteroatoms. The fourth-order valence-electron chi connectivity index (χ4n) is 7.62. The van der Waals surface area contributed by atoms with Crippen molar-refractivity contribution in [3.63, 3.8) is 0 Å². The van der Waals surface area contributed by atoms with Crippen molar-refractivity contribution < 1.29 is 4.42 Å². The molecular formula is C44H26O. The highest BCUT2D eigenvalue weighted by atomic mass is 16.3. The predicted octanol–water partition coefficient (Wildman–Crippen LogP) is 12.7. The van der Waals surface area contributed by atoms with E-state index in [2.05, 4.69) is 152 Å². The molecule has 0 aliphatic carbocycles. The highest BCUT2D eigenvalue weighted by Gasteiger charge is 2.18. The minimum Gasteiger partial charge on any atom is -0.455 e. The van der Waals surface area contributed by atoms with Gasteiger partial charge in [-0.2, -0.15) is 0 Å². The monoisotopic (exact) mass is 570 g/mol. The van der Waals surface area contributed by atoms with Crippen LogP contribution in [0.1, 0.15) is 0 Å². The van der Waals surface area contributed by atoms with Crippen LogP contribution in [-0.2, 0) is 0 Å². The van der Waals surface area contributed by atoms with Crippen molar-refractivity contribution in [3.05, 3.63) is 158 Å². The molecule has 1 heterocycles. The lowest BCUT2D eigenvalue weighted by Crippen LogP contribution is -1.90. The van der Waals surface area contributed by atoms with Crippen LogP contribution in [0.15, 0.2) is 162 Å². The van der Waals surface area contributed by atoms with E-state index in [4.69, 9.17) is 4.42 Å².